The Bertz CT molecular complexity index is 593. The van der Waals surface area contributed by atoms with Gasteiger partial charge in [-0.05, 0) is 34.1 Å². The number of rotatable bonds is 2. The normalized spacial score (nSPS) is 9.88. The Balaban J connectivity index is 2.37. The minimum atomic E-state index is 0.491. The maximum atomic E-state index is 9.02. The summed E-state index contributed by atoms with van der Waals surface area (Å²) in [5.74, 6) is 0. The number of nitrogens with zero attached hydrogens (tertiary/aromatic N) is 2. The van der Waals surface area contributed by atoms with Gasteiger partial charge in [0.1, 0.15) is 11.1 Å². The molecule has 84 valence electrons. The van der Waals surface area contributed by atoms with Crippen LogP contribution in [0.15, 0.2) is 50.9 Å². The van der Waals surface area contributed by atoms with Crippen molar-refractivity contribution in [2.24, 2.45) is 0 Å². The number of benzene rings is 1. The second-order valence-corrected chi connectivity index (χ2v) is 5.15. The molecular formula is C12H8BrN3S. The van der Waals surface area contributed by atoms with E-state index in [0.29, 0.717) is 16.3 Å². The molecule has 1 aromatic carbocycles. The Kier molecular flexibility index (Phi) is 3.67. The van der Waals surface area contributed by atoms with Crippen LogP contribution >= 0.6 is 27.7 Å². The number of anilines is 1. The average Bonchev–Trinajstić information content (AvgIpc) is 2.34. The van der Waals surface area contributed by atoms with E-state index >= 15 is 0 Å². The zero-order valence-electron chi connectivity index (χ0n) is 8.72. The Morgan fingerprint density at radius 1 is 1.35 bits per heavy atom. The van der Waals surface area contributed by atoms with Gasteiger partial charge in [0.05, 0.1) is 17.4 Å². The fraction of sp³-hybridized carbons (Fsp3) is 0. The number of aromatic nitrogens is 1. The summed E-state index contributed by atoms with van der Waals surface area (Å²) in [4.78, 5) is 5.20. The summed E-state index contributed by atoms with van der Waals surface area (Å²) in [6.45, 7) is 0. The van der Waals surface area contributed by atoms with Gasteiger partial charge in [0.2, 0.25) is 0 Å². The molecule has 0 unspecified atom stereocenters. The Hall–Kier alpha value is -1.51. The van der Waals surface area contributed by atoms with Crippen LogP contribution in [0, 0.1) is 11.3 Å². The second-order valence-electron chi connectivity index (χ2n) is 3.27. The summed E-state index contributed by atoms with van der Waals surface area (Å²) in [5, 5.41) is 9.68. The molecule has 3 nitrogen and oxygen atoms in total. The fourth-order valence-electron chi connectivity index (χ4n) is 1.26. The van der Waals surface area contributed by atoms with E-state index in [1.54, 1.807) is 12.3 Å². The van der Waals surface area contributed by atoms with Crippen molar-refractivity contribution in [2.75, 3.05) is 5.73 Å². The molecule has 0 radical (unpaired) electrons. The van der Waals surface area contributed by atoms with Crippen LogP contribution in [0.25, 0.3) is 0 Å². The van der Waals surface area contributed by atoms with Crippen molar-refractivity contribution in [3.63, 3.8) is 0 Å². The van der Waals surface area contributed by atoms with Crippen LogP contribution in [0.2, 0.25) is 0 Å². The molecule has 0 aliphatic carbocycles. The molecule has 2 aromatic rings. The Labute approximate surface area is 112 Å². The molecule has 1 heterocycles. The van der Waals surface area contributed by atoms with E-state index in [0.717, 1.165) is 9.37 Å². The van der Waals surface area contributed by atoms with Gasteiger partial charge in [-0.2, -0.15) is 5.26 Å². The number of halogens is 1. The highest BCUT2D eigenvalue weighted by atomic mass is 79.9. The number of nitrogen functional groups attached to an aromatic ring is 1. The minimum Gasteiger partial charge on any atom is -0.397 e. The molecule has 0 saturated carbocycles. The van der Waals surface area contributed by atoms with Crippen LogP contribution in [0.3, 0.4) is 0 Å². The molecule has 0 aliphatic rings. The molecule has 17 heavy (non-hydrogen) atoms. The van der Waals surface area contributed by atoms with Gasteiger partial charge in [-0.25, -0.2) is 4.98 Å². The highest BCUT2D eigenvalue weighted by Gasteiger charge is 2.08. The van der Waals surface area contributed by atoms with Gasteiger partial charge in [0, 0.05) is 9.37 Å². The van der Waals surface area contributed by atoms with Crippen molar-refractivity contribution < 1.29 is 0 Å². The van der Waals surface area contributed by atoms with Gasteiger partial charge >= 0.3 is 0 Å². The van der Waals surface area contributed by atoms with Crippen molar-refractivity contribution in [1.29, 1.82) is 5.26 Å². The van der Waals surface area contributed by atoms with Crippen molar-refractivity contribution in [3.05, 3.63) is 46.6 Å². The first-order valence-electron chi connectivity index (χ1n) is 4.78. The van der Waals surface area contributed by atoms with Crippen LogP contribution in [0.1, 0.15) is 5.56 Å². The molecule has 0 saturated heterocycles. The van der Waals surface area contributed by atoms with E-state index in [1.807, 2.05) is 24.3 Å². The average molecular weight is 306 g/mol. The third-order valence-electron chi connectivity index (χ3n) is 2.04. The molecule has 0 bridgehead atoms. The predicted molar refractivity (Wildman–Crippen MR) is 71.6 cm³/mol. The third-order valence-corrected chi connectivity index (χ3v) is 4.08. The van der Waals surface area contributed by atoms with Gasteiger partial charge in [-0.1, -0.05) is 23.9 Å². The van der Waals surface area contributed by atoms with Crippen LogP contribution in [0.4, 0.5) is 5.69 Å². The van der Waals surface area contributed by atoms with Crippen LogP contribution in [-0.4, -0.2) is 4.98 Å². The van der Waals surface area contributed by atoms with Gasteiger partial charge < -0.3 is 5.73 Å². The summed E-state index contributed by atoms with van der Waals surface area (Å²) >= 11 is 4.90. The quantitative estimate of drug-likeness (QED) is 0.923. The highest BCUT2D eigenvalue weighted by Crippen LogP contribution is 2.34. The first kappa shape index (κ1) is 12.0. The predicted octanol–water partition coefficient (Wildman–Crippen LogP) is 3.45. The third kappa shape index (κ3) is 2.78. The van der Waals surface area contributed by atoms with Gasteiger partial charge in [0.25, 0.3) is 0 Å². The molecule has 0 atom stereocenters. The monoisotopic (exact) mass is 305 g/mol. The summed E-state index contributed by atoms with van der Waals surface area (Å²) in [6, 6.07) is 11.5. The number of hydrogen-bond donors (Lipinski definition) is 1. The molecule has 5 heteroatoms. The number of nitriles is 1. The van der Waals surface area contributed by atoms with E-state index in [-0.39, 0.29) is 0 Å². The van der Waals surface area contributed by atoms with E-state index in [1.165, 1.54) is 11.8 Å². The highest BCUT2D eigenvalue weighted by molar-refractivity contribution is 9.10. The summed E-state index contributed by atoms with van der Waals surface area (Å²) in [7, 11) is 0. The largest absolute Gasteiger partial charge is 0.397 e. The summed E-state index contributed by atoms with van der Waals surface area (Å²) in [5.41, 5.74) is 6.58. The van der Waals surface area contributed by atoms with E-state index in [4.69, 9.17) is 11.0 Å². The smallest absolute Gasteiger partial charge is 0.119 e. The van der Waals surface area contributed by atoms with Crippen molar-refractivity contribution in [1.82, 2.24) is 4.98 Å². The van der Waals surface area contributed by atoms with Gasteiger partial charge in [-0.15, -0.1) is 0 Å². The summed E-state index contributed by atoms with van der Waals surface area (Å²) < 4.78 is 0.979. The van der Waals surface area contributed by atoms with Crippen LogP contribution < -0.4 is 5.73 Å². The molecule has 0 fully saturated rings. The lowest BCUT2D eigenvalue weighted by atomic mass is 10.3. The van der Waals surface area contributed by atoms with E-state index in [9.17, 15) is 0 Å². The molecule has 0 amide bonds. The standard InChI is InChI=1S/C12H8BrN3S/c13-10-3-1-2-4-11(10)17-12-8(6-14)5-9(15)7-16-12/h1-5,7H,15H2. The first-order chi connectivity index (χ1) is 8.20. The molecular weight excluding hydrogens is 298 g/mol. The molecule has 2 rings (SSSR count). The van der Waals surface area contributed by atoms with Gasteiger partial charge in [-0.3, -0.25) is 0 Å². The Morgan fingerprint density at radius 3 is 2.82 bits per heavy atom. The SMILES string of the molecule is N#Cc1cc(N)cnc1Sc1ccccc1Br. The van der Waals surface area contributed by atoms with Crippen molar-refractivity contribution >= 4 is 33.4 Å². The fourth-order valence-corrected chi connectivity index (χ4v) is 2.63. The number of hydrogen-bond acceptors (Lipinski definition) is 4. The first-order valence-corrected chi connectivity index (χ1v) is 6.39. The lowest BCUT2D eigenvalue weighted by Gasteiger charge is -2.05. The number of nitrogens with two attached hydrogens (primary N) is 1. The minimum absolute atomic E-state index is 0.491. The lowest BCUT2D eigenvalue weighted by molar-refractivity contribution is 1.11. The topological polar surface area (TPSA) is 62.7 Å². The molecule has 0 spiro atoms. The second kappa shape index (κ2) is 5.21. The molecule has 2 N–H and O–H groups in total. The maximum Gasteiger partial charge on any atom is 0.119 e. The molecule has 1 aromatic heterocycles. The zero-order valence-corrected chi connectivity index (χ0v) is 11.1. The Morgan fingerprint density at radius 2 is 2.12 bits per heavy atom. The number of pyridine rings is 1. The van der Waals surface area contributed by atoms with Gasteiger partial charge in [0.15, 0.2) is 0 Å². The maximum absolute atomic E-state index is 9.02. The lowest BCUT2D eigenvalue weighted by Crippen LogP contribution is -1.92. The summed E-state index contributed by atoms with van der Waals surface area (Å²) in [6.07, 6.45) is 1.56. The van der Waals surface area contributed by atoms with E-state index < -0.39 is 0 Å². The van der Waals surface area contributed by atoms with E-state index in [2.05, 4.69) is 27.0 Å². The zero-order chi connectivity index (χ0) is 12.3. The van der Waals surface area contributed by atoms with Crippen LogP contribution in [0.5, 0.6) is 0 Å². The van der Waals surface area contributed by atoms with Crippen molar-refractivity contribution in [3.8, 4) is 6.07 Å². The van der Waals surface area contributed by atoms with Crippen LogP contribution in [-0.2, 0) is 0 Å². The molecule has 0 aliphatic heterocycles. The van der Waals surface area contributed by atoms with Crippen molar-refractivity contribution in [2.45, 2.75) is 9.92 Å².